The van der Waals surface area contributed by atoms with Crippen LogP contribution in [0.3, 0.4) is 0 Å². The number of nitrogens with two attached hydrogens (primary N) is 1. The van der Waals surface area contributed by atoms with Gasteiger partial charge in [-0.1, -0.05) is 18.7 Å². The molecule has 260 valence electrons. The quantitative estimate of drug-likeness (QED) is 0.0789. The van der Waals surface area contributed by atoms with Crippen molar-refractivity contribution in [3.05, 3.63) is 66.4 Å². The van der Waals surface area contributed by atoms with Crippen LogP contribution in [-0.4, -0.2) is 70.8 Å². The van der Waals surface area contributed by atoms with Gasteiger partial charge in [0.05, 0.1) is 0 Å². The van der Waals surface area contributed by atoms with Crippen molar-refractivity contribution in [1.29, 1.82) is 0 Å². The molecule has 4 N–H and O–H groups in total. The molecule has 14 heteroatoms. The zero-order valence-corrected chi connectivity index (χ0v) is 26.6. The smallest absolute Gasteiger partial charge is 0.324 e. The number of benzene rings is 1. The Morgan fingerprint density at radius 1 is 1.08 bits per heavy atom. The lowest BCUT2D eigenvalue weighted by molar-refractivity contribution is -0.160. The number of nitrogens with zero attached hydrogens (tertiary/aromatic N) is 4. The summed E-state index contributed by atoms with van der Waals surface area (Å²) in [6, 6.07) is 7.02. The van der Waals surface area contributed by atoms with Gasteiger partial charge in [-0.15, -0.1) is 0 Å². The fourth-order valence-electron chi connectivity index (χ4n) is 6.18. The van der Waals surface area contributed by atoms with Gasteiger partial charge in [0.25, 0.3) is 5.91 Å². The fourth-order valence-corrected chi connectivity index (χ4v) is 6.18. The lowest BCUT2D eigenvalue weighted by Crippen LogP contribution is -2.50. The van der Waals surface area contributed by atoms with Gasteiger partial charge >= 0.3 is 11.8 Å². The predicted molar refractivity (Wildman–Crippen MR) is 173 cm³/mol. The molecular formula is C34H41F5N6O3. The Labute approximate surface area is 275 Å². The maximum atomic E-state index is 15.5. The monoisotopic (exact) mass is 676 g/mol. The zero-order valence-electron chi connectivity index (χ0n) is 26.6. The van der Waals surface area contributed by atoms with Crippen molar-refractivity contribution in [1.82, 2.24) is 20.2 Å². The van der Waals surface area contributed by atoms with Crippen molar-refractivity contribution in [3.63, 3.8) is 0 Å². The van der Waals surface area contributed by atoms with Crippen LogP contribution in [0.4, 0.5) is 27.8 Å². The molecule has 2 aliphatic heterocycles. The third kappa shape index (κ3) is 7.97. The van der Waals surface area contributed by atoms with Crippen LogP contribution in [0.5, 0.6) is 0 Å². The molecule has 48 heavy (non-hydrogen) atoms. The van der Waals surface area contributed by atoms with Crippen molar-refractivity contribution in [2.24, 2.45) is 11.7 Å². The number of likely N-dealkylation sites (tertiary alicyclic amines) is 1. The molecule has 2 aliphatic rings. The van der Waals surface area contributed by atoms with E-state index in [4.69, 9.17) is 10.2 Å². The molecule has 1 amide bonds. The second kappa shape index (κ2) is 15.0. The van der Waals surface area contributed by atoms with Crippen molar-refractivity contribution in [2.45, 2.75) is 69.4 Å². The molecule has 0 aliphatic carbocycles. The van der Waals surface area contributed by atoms with Crippen LogP contribution in [0.1, 0.15) is 57.2 Å². The van der Waals surface area contributed by atoms with Crippen LogP contribution in [0.15, 0.2) is 65.0 Å². The highest BCUT2D eigenvalue weighted by atomic mass is 19.3. The molecule has 2 aromatic heterocycles. The molecule has 9 nitrogen and oxygen atoms in total. The Bertz CT molecular complexity index is 1660. The number of amides is 1. The standard InChI is InChI=1S/C34H41F5N6O3/c1-2-23(35)11-12-24(21-40)41-30(46)22-13-19-45(20-14-22)32(47)34(38,39)16-6-5-15-33(36,37)31-42-27-25-9-3-4-10-26(25)48-28(27)29(43-31)44-17-7-8-18-44/h2-4,9-12,22,30,41,46H,1,5-8,13-21,40H2/b23-11+,24-12+. The first-order valence-electron chi connectivity index (χ1n) is 16.3. The maximum Gasteiger partial charge on any atom is 0.324 e. The Morgan fingerprint density at radius 2 is 1.77 bits per heavy atom. The average Bonchev–Trinajstić information content (AvgIpc) is 3.76. The van der Waals surface area contributed by atoms with Crippen molar-refractivity contribution in [3.8, 4) is 0 Å². The Morgan fingerprint density at radius 3 is 2.46 bits per heavy atom. The van der Waals surface area contributed by atoms with E-state index in [0.717, 1.165) is 29.9 Å². The molecule has 3 aromatic rings. The molecule has 2 fully saturated rings. The number of carbonyl (C=O) groups excluding carboxylic acids is 1. The number of anilines is 1. The number of hydrogen-bond acceptors (Lipinski definition) is 8. The highest BCUT2D eigenvalue weighted by Crippen LogP contribution is 2.39. The maximum absolute atomic E-state index is 15.5. The first-order valence-corrected chi connectivity index (χ1v) is 16.3. The first kappa shape index (κ1) is 35.3. The number of aliphatic hydroxyl groups excluding tert-OH is 1. The minimum atomic E-state index is -3.73. The summed E-state index contributed by atoms with van der Waals surface area (Å²) >= 11 is 0. The van der Waals surface area contributed by atoms with Gasteiger partial charge in [0, 0.05) is 62.6 Å². The number of alkyl halides is 4. The van der Waals surface area contributed by atoms with E-state index >= 15 is 8.78 Å². The predicted octanol–water partition coefficient (Wildman–Crippen LogP) is 6.29. The van der Waals surface area contributed by atoms with Gasteiger partial charge in [0.1, 0.15) is 23.2 Å². The van der Waals surface area contributed by atoms with E-state index in [1.165, 1.54) is 6.08 Å². The van der Waals surface area contributed by atoms with E-state index in [1.54, 1.807) is 24.3 Å². The molecule has 1 atom stereocenters. The zero-order chi connectivity index (χ0) is 34.5. The third-order valence-corrected chi connectivity index (χ3v) is 8.94. The normalized spacial score (nSPS) is 17.8. The molecule has 0 saturated carbocycles. The Hall–Kier alpha value is -4.04. The average molecular weight is 677 g/mol. The summed E-state index contributed by atoms with van der Waals surface area (Å²) in [5.74, 6) is -9.91. The minimum Gasteiger partial charge on any atom is -0.450 e. The second-order valence-electron chi connectivity index (χ2n) is 12.3. The van der Waals surface area contributed by atoms with Gasteiger partial charge in [-0.05, 0) is 68.9 Å². The van der Waals surface area contributed by atoms with Crippen LogP contribution in [0.2, 0.25) is 0 Å². The number of allylic oxidation sites excluding steroid dienone is 4. The summed E-state index contributed by atoms with van der Waals surface area (Å²) in [7, 11) is 0. The Balaban J connectivity index is 1.15. The fraction of sp³-hybridized carbons (Fsp3) is 0.500. The van der Waals surface area contributed by atoms with E-state index in [0.29, 0.717) is 41.2 Å². The van der Waals surface area contributed by atoms with E-state index in [1.807, 2.05) is 4.90 Å². The summed E-state index contributed by atoms with van der Waals surface area (Å²) in [5.41, 5.74) is 7.15. The molecule has 4 heterocycles. The number of para-hydroxylation sites is 1. The second-order valence-corrected chi connectivity index (χ2v) is 12.3. The topological polar surface area (TPSA) is 121 Å². The Kier molecular flexibility index (Phi) is 11.0. The number of fused-ring (bicyclic) bond motifs is 3. The van der Waals surface area contributed by atoms with E-state index in [9.17, 15) is 23.1 Å². The molecule has 0 spiro atoms. The van der Waals surface area contributed by atoms with Gasteiger partial charge in [0.2, 0.25) is 5.82 Å². The number of hydrogen-bond donors (Lipinski definition) is 3. The van der Waals surface area contributed by atoms with E-state index in [-0.39, 0.29) is 56.8 Å². The van der Waals surface area contributed by atoms with Crippen molar-refractivity contribution < 1.29 is 36.3 Å². The van der Waals surface area contributed by atoms with Gasteiger partial charge < -0.3 is 30.4 Å². The molecule has 0 bridgehead atoms. The minimum absolute atomic E-state index is 0.00304. The van der Waals surface area contributed by atoms with Gasteiger partial charge in [-0.3, -0.25) is 4.79 Å². The summed E-state index contributed by atoms with van der Waals surface area (Å²) in [6.07, 6.45) is 2.50. The van der Waals surface area contributed by atoms with Gasteiger partial charge in [-0.2, -0.15) is 17.6 Å². The number of unbranched alkanes of at least 4 members (excludes halogenated alkanes) is 1. The molecule has 1 aromatic carbocycles. The number of aromatic nitrogens is 2. The number of nitrogens with one attached hydrogen (secondary N) is 1. The SMILES string of the molecule is C=C/C(F)=C\C=C(/CN)NC(O)C1CCN(C(=O)C(F)(F)CCCCC(F)(F)c2nc(N3CCCC3)c3oc4ccccc4c3n2)CC1. The van der Waals surface area contributed by atoms with E-state index < -0.39 is 48.5 Å². The third-order valence-electron chi connectivity index (χ3n) is 8.94. The lowest BCUT2D eigenvalue weighted by atomic mass is 9.94. The van der Waals surface area contributed by atoms with Crippen molar-refractivity contribution in [2.75, 3.05) is 37.6 Å². The number of rotatable bonds is 14. The summed E-state index contributed by atoms with van der Waals surface area (Å²) in [6.45, 7) is 4.58. The van der Waals surface area contributed by atoms with Crippen LogP contribution in [0.25, 0.3) is 22.1 Å². The highest BCUT2D eigenvalue weighted by molar-refractivity contribution is 6.05. The lowest BCUT2D eigenvalue weighted by Gasteiger charge is -2.36. The van der Waals surface area contributed by atoms with Crippen LogP contribution in [-0.2, 0) is 10.7 Å². The molecule has 1 unspecified atom stereocenters. The van der Waals surface area contributed by atoms with Crippen LogP contribution < -0.4 is 16.0 Å². The van der Waals surface area contributed by atoms with Crippen molar-refractivity contribution >= 4 is 33.8 Å². The molecular weight excluding hydrogens is 635 g/mol. The van der Waals surface area contributed by atoms with Crippen LogP contribution in [0, 0.1) is 5.92 Å². The van der Waals surface area contributed by atoms with Gasteiger partial charge in [-0.25, -0.2) is 14.4 Å². The van der Waals surface area contributed by atoms with E-state index in [2.05, 4.69) is 21.9 Å². The molecule has 5 rings (SSSR count). The summed E-state index contributed by atoms with van der Waals surface area (Å²) < 4.78 is 80.3. The largest absolute Gasteiger partial charge is 0.450 e. The summed E-state index contributed by atoms with van der Waals surface area (Å²) in [5, 5.41) is 13.9. The number of carbonyl (C=O) groups is 1. The number of piperidine rings is 1. The number of furan rings is 1. The molecule has 2 saturated heterocycles. The highest BCUT2D eigenvalue weighted by Gasteiger charge is 2.43. The van der Waals surface area contributed by atoms with Crippen LogP contribution >= 0.6 is 0 Å². The number of aliphatic hydroxyl groups is 1. The van der Waals surface area contributed by atoms with Gasteiger partial charge in [0.15, 0.2) is 11.4 Å². The summed E-state index contributed by atoms with van der Waals surface area (Å²) in [4.78, 5) is 24.1. The first-order chi connectivity index (χ1) is 22.9. The molecule has 0 radical (unpaired) electrons. The number of halogens is 5.